The number of aromatic nitrogens is 2. The molecule has 22 heavy (non-hydrogen) atoms. The Morgan fingerprint density at radius 1 is 1.32 bits per heavy atom. The number of ketones is 1. The number of nitrogens with one attached hydrogen (secondary N) is 1. The van der Waals surface area contributed by atoms with Crippen LogP contribution in [0.4, 0.5) is 0 Å². The number of hydrogen-bond donors (Lipinski definition) is 1. The molecule has 0 unspecified atom stereocenters. The maximum absolute atomic E-state index is 12.1. The van der Waals surface area contributed by atoms with Crippen LogP contribution in [-0.4, -0.2) is 15.8 Å². The van der Waals surface area contributed by atoms with Crippen LogP contribution in [0.1, 0.15) is 21.1 Å². The van der Waals surface area contributed by atoms with Crippen LogP contribution in [0.3, 0.4) is 0 Å². The Morgan fingerprint density at radius 3 is 2.77 bits per heavy atom. The van der Waals surface area contributed by atoms with Gasteiger partial charge in [-0.3, -0.25) is 9.59 Å². The number of carbonyl (C=O) groups excluding carboxylic acids is 1. The summed E-state index contributed by atoms with van der Waals surface area (Å²) in [6.45, 7) is 1.93. The Bertz CT molecular complexity index is 939. The SMILES string of the molecule is Cc1cc2c(=O)[nH]c(/C=C/C(=O)c3ccc(Br)cc3)nc2s1. The smallest absolute Gasteiger partial charge is 0.259 e. The van der Waals surface area contributed by atoms with Gasteiger partial charge < -0.3 is 4.98 Å². The molecule has 0 spiro atoms. The molecule has 2 heterocycles. The van der Waals surface area contributed by atoms with Crippen molar-refractivity contribution >= 4 is 49.3 Å². The molecule has 1 N–H and O–H groups in total. The lowest BCUT2D eigenvalue weighted by atomic mass is 10.1. The van der Waals surface area contributed by atoms with E-state index in [1.807, 2.05) is 25.1 Å². The van der Waals surface area contributed by atoms with E-state index in [9.17, 15) is 9.59 Å². The monoisotopic (exact) mass is 374 g/mol. The third-order valence-electron chi connectivity index (χ3n) is 3.07. The minimum absolute atomic E-state index is 0.141. The first-order valence-electron chi connectivity index (χ1n) is 6.51. The average molecular weight is 375 g/mol. The number of carbonyl (C=O) groups is 1. The molecule has 3 rings (SSSR count). The standard InChI is InChI=1S/C16H11BrN2O2S/c1-9-8-12-15(21)18-14(19-16(12)22-9)7-6-13(20)10-2-4-11(17)5-3-10/h2-8H,1H3,(H,18,19,21)/b7-6+. The van der Waals surface area contributed by atoms with Gasteiger partial charge in [-0.25, -0.2) is 4.98 Å². The molecule has 110 valence electrons. The number of fused-ring (bicyclic) bond motifs is 1. The molecule has 3 aromatic rings. The summed E-state index contributed by atoms with van der Waals surface area (Å²) >= 11 is 4.78. The summed E-state index contributed by atoms with van der Waals surface area (Å²) in [5.41, 5.74) is 0.389. The van der Waals surface area contributed by atoms with Crippen LogP contribution in [0.25, 0.3) is 16.3 Å². The molecule has 0 aliphatic rings. The number of aryl methyl sites for hydroxylation is 1. The second-order valence-corrected chi connectivity index (χ2v) is 6.88. The van der Waals surface area contributed by atoms with Crippen molar-refractivity contribution in [2.45, 2.75) is 6.92 Å². The second-order valence-electron chi connectivity index (χ2n) is 4.73. The van der Waals surface area contributed by atoms with Crippen molar-refractivity contribution < 1.29 is 4.79 Å². The van der Waals surface area contributed by atoms with E-state index in [1.165, 1.54) is 23.5 Å². The fraction of sp³-hybridized carbons (Fsp3) is 0.0625. The van der Waals surface area contributed by atoms with Crippen LogP contribution in [0, 0.1) is 6.92 Å². The minimum atomic E-state index is -0.190. The van der Waals surface area contributed by atoms with Crippen LogP contribution in [-0.2, 0) is 0 Å². The van der Waals surface area contributed by atoms with Gasteiger partial charge in [0.25, 0.3) is 5.56 Å². The predicted molar refractivity (Wildman–Crippen MR) is 92.5 cm³/mol. The summed E-state index contributed by atoms with van der Waals surface area (Å²) in [4.78, 5) is 32.7. The molecule has 0 radical (unpaired) electrons. The van der Waals surface area contributed by atoms with Crippen molar-refractivity contribution in [1.29, 1.82) is 0 Å². The van der Waals surface area contributed by atoms with Gasteiger partial charge in [0.1, 0.15) is 10.7 Å². The molecule has 0 bridgehead atoms. The van der Waals surface area contributed by atoms with Gasteiger partial charge in [0.2, 0.25) is 0 Å². The average Bonchev–Trinajstić information content (AvgIpc) is 2.86. The quantitative estimate of drug-likeness (QED) is 0.557. The van der Waals surface area contributed by atoms with E-state index in [1.54, 1.807) is 12.1 Å². The molecular weight excluding hydrogens is 364 g/mol. The van der Waals surface area contributed by atoms with E-state index in [0.29, 0.717) is 21.6 Å². The first kappa shape index (κ1) is 14.9. The third kappa shape index (κ3) is 3.08. The molecule has 0 atom stereocenters. The molecule has 0 saturated carbocycles. The maximum atomic E-state index is 12.1. The zero-order chi connectivity index (χ0) is 15.7. The summed E-state index contributed by atoms with van der Waals surface area (Å²) in [6.07, 6.45) is 2.94. The molecule has 6 heteroatoms. The summed E-state index contributed by atoms with van der Waals surface area (Å²) < 4.78 is 0.914. The van der Waals surface area contributed by atoms with E-state index in [0.717, 1.165) is 9.35 Å². The van der Waals surface area contributed by atoms with Crippen molar-refractivity contribution in [3.8, 4) is 0 Å². The Labute approximate surface area is 138 Å². The highest BCUT2D eigenvalue weighted by atomic mass is 79.9. The van der Waals surface area contributed by atoms with E-state index in [4.69, 9.17) is 0 Å². The number of thiophene rings is 1. The summed E-state index contributed by atoms with van der Waals surface area (Å²) in [5, 5.41) is 0.582. The number of H-pyrrole nitrogens is 1. The van der Waals surface area contributed by atoms with Gasteiger partial charge in [0.05, 0.1) is 5.39 Å². The molecule has 0 aliphatic heterocycles. The lowest BCUT2D eigenvalue weighted by Gasteiger charge is -1.96. The van der Waals surface area contributed by atoms with Crippen molar-refractivity contribution in [3.05, 3.63) is 67.5 Å². The third-order valence-corrected chi connectivity index (χ3v) is 4.54. The van der Waals surface area contributed by atoms with Crippen LogP contribution < -0.4 is 5.56 Å². The van der Waals surface area contributed by atoms with Gasteiger partial charge in [-0.1, -0.05) is 15.9 Å². The van der Waals surface area contributed by atoms with Gasteiger partial charge in [-0.2, -0.15) is 0 Å². The molecule has 4 nitrogen and oxygen atoms in total. The first-order valence-corrected chi connectivity index (χ1v) is 8.12. The van der Waals surface area contributed by atoms with E-state index in [2.05, 4.69) is 25.9 Å². The van der Waals surface area contributed by atoms with Crippen LogP contribution in [0.5, 0.6) is 0 Å². The largest absolute Gasteiger partial charge is 0.306 e. The summed E-state index contributed by atoms with van der Waals surface area (Å²) in [6, 6.07) is 8.90. The molecule has 0 fully saturated rings. The van der Waals surface area contributed by atoms with Crippen molar-refractivity contribution in [3.63, 3.8) is 0 Å². The minimum Gasteiger partial charge on any atom is -0.306 e. The lowest BCUT2D eigenvalue weighted by molar-refractivity contribution is 0.104. The first-order chi connectivity index (χ1) is 10.5. The van der Waals surface area contributed by atoms with Crippen molar-refractivity contribution in [1.82, 2.24) is 9.97 Å². The number of hydrogen-bond acceptors (Lipinski definition) is 4. The number of benzene rings is 1. The molecule has 1 aromatic carbocycles. The molecule has 0 amide bonds. The Kier molecular flexibility index (Phi) is 4.04. The summed E-state index contributed by atoms with van der Waals surface area (Å²) in [7, 11) is 0. The highest BCUT2D eigenvalue weighted by Crippen LogP contribution is 2.20. The van der Waals surface area contributed by atoms with Crippen LogP contribution in [0.15, 0.2) is 45.7 Å². The Balaban J connectivity index is 1.90. The number of rotatable bonds is 3. The predicted octanol–water partition coefficient (Wildman–Crippen LogP) is 3.95. The van der Waals surface area contributed by atoms with Gasteiger partial charge in [0.15, 0.2) is 5.78 Å². The molecule has 0 saturated heterocycles. The highest BCUT2D eigenvalue weighted by molar-refractivity contribution is 9.10. The van der Waals surface area contributed by atoms with E-state index in [-0.39, 0.29) is 11.3 Å². The lowest BCUT2D eigenvalue weighted by Crippen LogP contribution is -2.08. The summed E-state index contributed by atoms with van der Waals surface area (Å²) in [5.74, 6) is 0.238. The van der Waals surface area contributed by atoms with Crippen LogP contribution in [0.2, 0.25) is 0 Å². The van der Waals surface area contributed by atoms with E-state index >= 15 is 0 Å². The maximum Gasteiger partial charge on any atom is 0.259 e. The fourth-order valence-electron chi connectivity index (χ4n) is 2.01. The van der Waals surface area contributed by atoms with Gasteiger partial charge in [0, 0.05) is 14.9 Å². The second kappa shape index (κ2) is 5.98. The van der Waals surface area contributed by atoms with Gasteiger partial charge in [-0.05, 0) is 49.4 Å². The molecule has 0 aliphatic carbocycles. The number of halogens is 1. The van der Waals surface area contributed by atoms with Crippen molar-refractivity contribution in [2.24, 2.45) is 0 Å². The van der Waals surface area contributed by atoms with Crippen molar-refractivity contribution in [2.75, 3.05) is 0 Å². The Morgan fingerprint density at radius 2 is 2.05 bits per heavy atom. The highest BCUT2D eigenvalue weighted by Gasteiger charge is 2.06. The fourth-order valence-corrected chi connectivity index (χ4v) is 3.16. The Hall–Kier alpha value is -2.05. The van der Waals surface area contributed by atoms with Gasteiger partial charge >= 0.3 is 0 Å². The normalized spacial score (nSPS) is 11.4. The number of nitrogens with zero attached hydrogens (tertiary/aromatic N) is 1. The van der Waals surface area contributed by atoms with E-state index < -0.39 is 0 Å². The van der Waals surface area contributed by atoms with Crippen LogP contribution >= 0.6 is 27.3 Å². The zero-order valence-corrected chi connectivity index (χ0v) is 14.0. The number of aromatic amines is 1. The zero-order valence-electron chi connectivity index (χ0n) is 11.6. The molecular formula is C16H11BrN2O2S. The number of allylic oxidation sites excluding steroid dienone is 1. The van der Waals surface area contributed by atoms with Gasteiger partial charge in [-0.15, -0.1) is 11.3 Å². The topological polar surface area (TPSA) is 62.8 Å². The molecule has 2 aromatic heterocycles.